The molecule has 1 amide bonds. The van der Waals surface area contributed by atoms with Crippen molar-refractivity contribution < 1.29 is 27.1 Å². The van der Waals surface area contributed by atoms with E-state index in [4.69, 9.17) is 10.1 Å². The Bertz CT molecular complexity index is 1840. The van der Waals surface area contributed by atoms with Gasteiger partial charge in [0.15, 0.2) is 0 Å². The summed E-state index contributed by atoms with van der Waals surface area (Å²) in [5.74, 6) is -3.96. The minimum Gasteiger partial charge on any atom is -0.505 e. The maximum Gasteiger partial charge on any atom is 0.285 e. The summed E-state index contributed by atoms with van der Waals surface area (Å²) in [4.78, 5) is 20.4. The molecule has 2 aliphatic rings. The summed E-state index contributed by atoms with van der Waals surface area (Å²) >= 11 is 1.37. The third-order valence-corrected chi connectivity index (χ3v) is 8.47. The number of halogens is 4. The number of carbonyl (C=O) groups excluding carboxylic acids is 1. The number of thiophene rings is 1. The molecular formula is C35H35F4N5O2S. The Morgan fingerprint density at radius 1 is 1.11 bits per heavy atom. The number of ether oxygens (including phenoxy) is 1. The average Bonchev–Trinajstić information content (AvgIpc) is 3.72. The fourth-order valence-electron chi connectivity index (χ4n) is 5.54. The number of fused-ring (bicyclic) bond motifs is 3. The molecule has 47 heavy (non-hydrogen) atoms. The molecule has 0 bridgehead atoms. The molecule has 0 aliphatic carbocycles. The van der Waals surface area contributed by atoms with Crippen LogP contribution >= 0.6 is 11.3 Å². The first-order chi connectivity index (χ1) is 22.6. The molecule has 0 atom stereocenters. The first-order valence-corrected chi connectivity index (χ1v) is 15.4. The molecule has 0 spiro atoms. The van der Waals surface area contributed by atoms with Crippen molar-refractivity contribution in [1.29, 1.82) is 0 Å². The molecule has 0 fully saturated rings. The van der Waals surface area contributed by atoms with Gasteiger partial charge < -0.3 is 9.64 Å². The third-order valence-electron chi connectivity index (χ3n) is 7.52. The molecule has 3 aromatic heterocycles. The van der Waals surface area contributed by atoms with E-state index in [-0.39, 0.29) is 24.3 Å². The number of pyridine rings is 1. The Balaban J connectivity index is 0.000000776. The summed E-state index contributed by atoms with van der Waals surface area (Å²) < 4.78 is 63.8. The second kappa shape index (κ2) is 15.2. The Hall–Kier alpha value is -4.81. The molecule has 4 aromatic rings. The third kappa shape index (κ3) is 7.44. The summed E-state index contributed by atoms with van der Waals surface area (Å²) in [6, 6.07) is 8.48. The highest BCUT2D eigenvalue weighted by Gasteiger charge is 2.39. The lowest BCUT2D eigenvalue weighted by Gasteiger charge is -2.32. The summed E-state index contributed by atoms with van der Waals surface area (Å²) in [5.41, 5.74) is 3.72. The molecule has 1 aromatic carbocycles. The van der Waals surface area contributed by atoms with E-state index in [2.05, 4.69) is 31.1 Å². The smallest absolute Gasteiger partial charge is 0.285 e. The Labute approximate surface area is 275 Å². The number of carbonyl (C=O) groups is 1. The standard InChI is InChI=1S/C30H25F4N5OS.C3H6O.C2H4/c1-3-26(40)38-9-10-39-21(16-38)14-25(36-39)28-23(13-20(32)6-8-31)29-22(7-11-41-29)27(35-28)18-4-5-24-19(12-18)15-37(2)17-30(24,33)34;1-3-4-2;1-2/h3-8,11-14H,1,9-10,15-17H2,2H3;3H,1H2,2H3;1-2H2/b8-6+,20-13?;;. The molecule has 7 nitrogen and oxygen atoms in total. The predicted molar refractivity (Wildman–Crippen MR) is 180 cm³/mol. The van der Waals surface area contributed by atoms with Crippen LogP contribution in [0.5, 0.6) is 0 Å². The van der Waals surface area contributed by atoms with Crippen LogP contribution < -0.4 is 0 Å². The number of benzene rings is 1. The number of alkyl halides is 2. The van der Waals surface area contributed by atoms with Crippen LogP contribution in [0.15, 0.2) is 92.6 Å². The van der Waals surface area contributed by atoms with Gasteiger partial charge >= 0.3 is 0 Å². The van der Waals surface area contributed by atoms with Gasteiger partial charge in [-0.15, -0.1) is 24.5 Å². The number of methoxy groups -OCH3 is 1. The van der Waals surface area contributed by atoms with Crippen molar-refractivity contribution in [2.45, 2.75) is 25.6 Å². The summed E-state index contributed by atoms with van der Waals surface area (Å²) in [6.45, 7) is 14.1. The minimum absolute atomic E-state index is 0.00109. The number of aromatic nitrogens is 3. The zero-order valence-electron chi connectivity index (χ0n) is 26.2. The Morgan fingerprint density at radius 3 is 2.53 bits per heavy atom. The van der Waals surface area contributed by atoms with Gasteiger partial charge in [-0.25, -0.2) is 13.8 Å². The van der Waals surface area contributed by atoms with Crippen molar-refractivity contribution in [1.82, 2.24) is 24.6 Å². The van der Waals surface area contributed by atoms with E-state index in [1.165, 1.54) is 35.8 Å². The van der Waals surface area contributed by atoms with E-state index < -0.39 is 11.7 Å². The maximum absolute atomic E-state index is 14.8. The van der Waals surface area contributed by atoms with Gasteiger partial charge in [0.1, 0.15) is 17.2 Å². The molecule has 12 heteroatoms. The van der Waals surface area contributed by atoms with Gasteiger partial charge in [-0.05, 0) is 48.3 Å². The maximum atomic E-state index is 14.8. The van der Waals surface area contributed by atoms with Crippen LogP contribution in [0.3, 0.4) is 0 Å². The summed E-state index contributed by atoms with van der Waals surface area (Å²) in [5, 5.41) is 7.28. The lowest BCUT2D eigenvalue weighted by Crippen LogP contribution is -2.38. The summed E-state index contributed by atoms with van der Waals surface area (Å²) in [7, 11) is 3.22. The molecule has 5 heterocycles. The fraction of sp³-hybridized carbons (Fsp3) is 0.229. The predicted octanol–water partition coefficient (Wildman–Crippen LogP) is 8.26. The van der Waals surface area contributed by atoms with Gasteiger partial charge in [-0.1, -0.05) is 25.3 Å². The second-order valence-electron chi connectivity index (χ2n) is 10.6. The Morgan fingerprint density at radius 2 is 1.85 bits per heavy atom. The van der Waals surface area contributed by atoms with E-state index in [0.29, 0.717) is 76.1 Å². The van der Waals surface area contributed by atoms with Crippen LogP contribution in [-0.4, -0.2) is 57.7 Å². The molecule has 0 unspecified atom stereocenters. The van der Waals surface area contributed by atoms with E-state index in [9.17, 15) is 22.4 Å². The van der Waals surface area contributed by atoms with Crippen LogP contribution in [0, 0.1) is 0 Å². The SMILES string of the molecule is C=C.C=CC(=O)N1CCn2nc(-c3nc(-c4ccc5c(c4)CN(C)CC5(F)F)c4ccsc4c3C=C(F)/C=C/F)cc2C1.C=COC. The average molecular weight is 666 g/mol. The van der Waals surface area contributed by atoms with Crippen LogP contribution in [0.1, 0.15) is 22.4 Å². The van der Waals surface area contributed by atoms with Crippen LogP contribution in [-0.2, 0) is 35.1 Å². The first kappa shape index (κ1) is 35.1. The van der Waals surface area contributed by atoms with Crippen molar-refractivity contribution in [3.63, 3.8) is 0 Å². The number of hydrogen-bond acceptors (Lipinski definition) is 6. The van der Waals surface area contributed by atoms with Gasteiger partial charge in [0.25, 0.3) is 5.92 Å². The molecule has 0 saturated heterocycles. The van der Waals surface area contributed by atoms with Crippen molar-refractivity contribution in [3.05, 3.63) is 115 Å². The van der Waals surface area contributed by atoms with Gasteiger partial charge in [0, 0.05) is 45.9 Å². The number of hydrogen-bond donors (Lipinski definition) is 0. The minimum atomic E-state index is -2.97. The number of nitrogens with zero attached hydrogens (tertiary/aromatic N) is 5. The second-order valence-corrected chi connectivity index (χ2v) is 11.5. The number of amides is 1. The normalized spacial score (nSPS) is 15.5. The van der Waals surface area contributed by atoms with Crippen molar-refractivity contribution in [3.8, 4) is 22.6 Å². The lowest BCUT2D eigenvalue weighted by atomic mass is 9.93. The van der Waals surface area contributed by atoms with Crippen molar-refractivity contribution in [2.24, 2.45) is 0 Å². The van der Waals surface area contributed by atoms with Gasteiger partial charge in [-0.3, -0.25) is 14.4 Å². The number of allylic oxidation sites excluding steroid dienone is 2. The highest BCUT2D eigenvalue weighted by Crippen LogP contribution is 2.42. The molecule has 0 N–H and O–H groups in total. The van der Waals surface area contributed by atoms with Gasteiger partial charge in [0.2, 0.25) is 5.91 Å². The fourth-order valence-corrected chi connectivity index (χ4v) is 6.45. The van der Waals surface area contributed by atoms with E-state index >= 15 is 0 Å². The van der Waals surface area contributed by atoms with E-state index in [0.717, 1.165) is 5.69 Å². The quantitative estimate of drug-likeness (QED) is 0.0683. The summed E-state index contributed by atoms with van der Waals surface area (Å²) in [6.07, 6.45) is 4.70. The Kier molecular flexibility index (Phi) is 11.3. The van der Waals surface area contributed by atoms with Gasteiger partial charge in [-0.2, -0.15) is 13.9 Å². The zero-order chi connectivity index (χ0) is 34.3. The largest absolute Gasteiger partial charge is 0.505 e. The van der Waals surface area contributed by atoms with Crippen LogP contribution in [0.4, 0.5) is 17.6 Å². The first-order valence-electron chi connectivity index (χ1n) is 14.5. The number of rotatable bonds is 6. The monoisotopic (exact) mass is 665 g/mol. The molecule has 246 valence electrons. The van der Waals surface area contributed by atoms with Crippen LogP contribution in [0.25, 0.3) is 38.8 Å². The van der Waals surface area contributed by atoms with Crippen molar-refractivity contribution in [2.75, 3.05) is 27.2 Å². The molecule has 0 radical (unpaired) electrons. The van der Waals surface area contributed by atoms with E-state index in [1.807, 2.05) is 11.4 Å². The van der Waals surface area contributed by atoms with Crippen LogP contribution in [0.2, 0.25) is 0 Å². The molecule has 2 aliphatic heterocycles. The molecule has 0 saturated carbocycles. The van der Waals surface area contributed by atoms with Gasteiger partial charge in [0.05, 0.1) is 50.7 Å². The highest BCUT2D eigenvalue weighted by atomic mass is 32.1. The zero-order valence-corrected chi connectivity index (χ0v) is 27.0. The lowest BCUT2D eigenvalue weighted by molar-refractivity contribution is -0.127. The molecule has 6 rings (SSSR count). The topological polar surface area (TPSA) is 63.5 Å². The number of likely N-dealkylation sites (N-methyl/N-ethyl adjacent to an activating group) is 1. The van der Waals surface area contributed by atoms with E-state index in [1.54, 1.807) is 46.8 Å². The molecular weight excluding hydrogens is 630 g/mol. The highest BCUT2D eigenvalue weighted by molar-refractivity contribution is 7.17. The van der Waals surface area contributed by atoms with Crippen molar-refractivity contribution >= 4 is 33.4 Å².